The zero-order valence-electron chi connectivity index (χ0n) is 7.14. The first-order valence-corrected chi connectivity index (χ1v) is 3.44. The van der Waals surface area contributed by atoms with Crippen molar-refractivity contribution in [1.29, 1.82) is 0 Å². The molecule has 0 radical (unpaired) electrons. The van der Waals surface area contributed by atoms with E-state index in [1.54, 1.807) is 6.92 Å². The van der Waals surface area contributed by atoms with Crippen LogP contribution in [0, 0.1) is 11.8 Å². The third-order valence-electron chi connectivity index (χ3n) is 0.948. The second kappa shape index (κ2) is 5.49. The monoisotopic (exact) mass is 148 g/mol. The molecular weight excluding hydrogens is 136 g/mol. The third-order valence-corrected chi connectivity index (χ3v) is 0.948. The van der Waals surface area contributed by atoms with Crippen LogP contribution < -0.4 is 0 Å². The minimum atomic E-state index is 0.743. The molecule has 1 nitrogen and oxygen atoms in total. The van der Waals surface area contributed by atoms with Crippen molar-refractivity contribution in [2.24, 2.45) is 0 Å². The van der Waals surface area contributed by atoms with Crippen LogP contribution in [0.2, 0.25) is 0 Å². The van der Waals surface area contributed by atoms with E-state index in [9.17, 15) is 4.79 Å². The smallest absolute Gasteiger partial charge is 0.143 e. The molecule has 1 heteroatoms. The lowest BCUT2D eigenvalue weighted by Crippen LogP contribution is -1.69. The number of hydrogen-bond donors (Lipinski definition) is 0. The fourth-order valence-electron chi connectivity index (χ4n) is 0.438. The molecule has 0 unspecified atom stereocenters. The summed E-state index contributed by atoms with van der Waals surface area (Å²) in [6.45, 7) is 5.77. The van der Waals surface area contributed by atoms with Crippen LogP contribution in [0.1, 0.15) is 20.8 Å². The molecule has 0 rings (SSSR count). The van der Waals surface area contributed by atoms with Crippen LogP contribution in [-0.4, -0.2) is 6.29 Å². The van der Waals surface area contributed by atoms with Crippen LogP contribution in [0.15, 0.2) is 23.3 Å². The van der Waals surface area contributed by atoms with Crippen LogP contribution in [0.4, 0.5) is 0 Å². The van der Waals surface area contributed by atoms with E-state index in [-0.39, 0.29) is 0 Å². The number of carbonyl (C=O) groups excluding carboxylic acids is 1. The zero-order chi connectivity index (χ0) is 8.69. The van der Waals surface area contributed by atoms with Crippen molar-refractivity contribution in [3.63, 3.8) is 0 Å². The van der Waals surface area contributed by atoms with Gasteiger partial charge in [-0.05, 0) is 32.9 Å². The van der Waals surface area contributed by atoms with Gasteiger partial charge in [-0.1, -0.05) is 17.4 Å². The van der Waals surface area contributed by atoms with Crippen LogP contribution in [0.25, 0.3) is 0 Å². The molecule has 0 saturated carbocycles. The predicted octanol–water partition coefficient (Wildman–Crippen LogP) is 2.10. The highest BCUT2D eigenvalue weighted by atomic mass is 16.1. The quantitative estimate of drug-likeness (QED) is 0.316. The van der Waals surface area contributed by atoms with Gasteiger partial charge in [0.15, 0.2) is 0 Å². The van der Waals surface area contributed by atoms with Crippen LogP contribution >= 0.6 is 0 Å². The predicted molar refractivity (Wildman–Crippen MR) is 47.0 cm³/mol. The van der Waals surface area contributed by atoms with Gasteiger partial charge < -0.3 is 0 Å². The SMILES string of the molecule is CC(C)=CC#C/C(C)=C/C=O. The maximum atomic E-state index is 9.95. The average molecular weight is 148 g/mol. The standard InChI is InChI=1S/C10H12O/c1-9(2)5-4-6-10(3)7-8-11/h5,7-8H,1-3H3/b10-7+. The Kier molecular flexibility index (Phi) is 4.85. The van der Waals surface area contributed by atoms with E-state index in [2.05, 4.69) is 11.8 Å². The van der Waals surface area contributed by atoms with E-state index in [0.717, 1.165) is 17.4 Å². The lowest BCUT2D eigenvalue weighted by molar-refractivity contribution is -0.104. The van der Waals surface area contributed by atoms with Crippen molar-refractivity contribution in [1.82, 2.24) is 0 Å². The number of hydrogen-bond acceptors (Lipinski definition) is 1. The first-order chi connectivity index (χ1) is 5.16. The Bertz CT molecular complexity index is 242. The Morgan fingerprint density at radius 3 is 2.36 bits per heavy atom. The van der Waals surface area contributed by atoms with E-state index in [0.29, 0.717) is 0 Å². The number of allylic oxidation sites excluding steroid dienone is 4. The number of carbonyl (C=O) groups is 1. The lowest BCUT2D eigenvalue weighted by atomic mass is 10.2. The normalized spacial score (nSPS) is 9.55. The molecule has 0 atom stereocenters. The Labute approximate surface area is 67.8 Å². The Hall–Kier alpha value is -1.29. The fourth-order valence-corrected chi connectivity index (χ4v) is 0.438. The molecule has 0 fully saturated rings. The first kappa shape index (κ1) is 9.71. The van der Waals surface area contributed by atoms with Gasteiger partial charge in [0.2, 0.25) is 0 Å². The highest BCUT2D eigenvalue weighted by Gasteiger charge is 1.76. The van der Waals surface area contributed by atoms with Gasteiger partial charge in [-0.15, -0.1) is 0 Å². The van der Waals surface area contributed by atoms with E-state index in [1.165, 1.54) is 6.08 Å². The minimum Gasteiger partial charge on any atom is -0.299 e. The highest BCUT2D eigenvalue weighted by Crippen LogP contribution is 1.88. The van der Waals surface area contributed by atoms with Gasteiger partial charge in [-0.2, -0.15) is 0 Å². The molecule has 11 heavy (non-hydrogen) atoms. The molecular formula is C10H12O. The summed E-state index contributed by atoms with van der Waals surface area (Å²) >= 11 is 0. The van der Waals surface area contributed by atoms with Crippen molar-refractivity contribution >= 4 is 6.29 Å². The zero-order valence-corrected chi connectivity index (χ0v) is 7.14. The minimum absolute atomic E-state index is 0.743. The maximum absolute atomic E-state index is 9.95. The largest absolute Gasteiger partial charge is 0.299 e. The van der Waals surface area contributed by atoms with Gasteiger partial charge in [0.25, 0.3) is 0 Å². The van der Waals surface area contributed by atoms with Gasteiger partial charge in [-0.25, -0.2) is 0 Å². The van der Waals surface area contributed by atoms with Gasteiger partial charge in [0.05, 0.1) is 0 Å². The van der Waals surface area contributed by atoms with Crippen molar-refractivity contribution in [2.75, 3.05) is 0 Å². The molecule has 0 bridgehead atoms. The second-order valence-electron chi connectivity index (χ2n) is 2.48. The van der Waals surface area contributed by atoms with Crippen molar-refractivity contribution in [3.8, 4) is 11.8 Å². The van der Waals surface area contributed by atoms with Crippen LogP contribution in [0.5, 0.6) is 0 Å². The molecule has 0 spiro atoms. The van der Waals surface area contributed by atoms with Crippen LogP contribution in [0.3, 0.4) is 0 Å². The molecule has 0 N–H and O–H groups in total. The number of rotatable bonds is 1. The van der Waals surface area contributed by atoms with Crippen molar-refractivity contribution in [2.45, 2.75) is 20.8 Å². The molecule has 0 aromatic carbocycles. The fraction of sp³-hybridized carbons (Fsp3) is 0.300. The topological polar surface area (TPSA) is 17.1 Å². The van der Waals surface area contributed by atoms with Gasteiger partial charge in [-0.3, -0.25) is 4.79 Å². The third kappa shape index (κ3) is 6.60. The summed E-state index contributed by atoms with van der Waals surface area (Å²) in [5, 5.41) is 0. The van der Waals surface area contributed by atoms with E-state index in [4.69, 9.17) is 0 Å². The van der Waals surface area contributed by atoms with E-state index < -0.39 is 0 Å². The molecule has 0 aromatic heterocycles. The summed E-state index contributed by atoms with van der Waals surface area (Å²) in [5.41, 5.74) is 1.95. The van der Waals surface area contributed by atoms with Crippen LogP contribution in [-0.2, 0) is 4.79 Å². The summed E-state index contributed by atoms with van der Waals surface area (Å²) in [6.07, 6.45) is 4.01. The first-order valence-electron chi connectivity index (χ1n) is 3.44. The average Bonchev–Trinajstić information content (AvgIpc) is 1.87. The second-order valence-corrected chi connectivity index (χ2v) is 2.48. The molecule has 0 aliphatic heterocycles. The summed E-state index contributed by atoms with van der Waals surface area (Å²) in [6, 6.07) is 0. The highest BCUT2D eigenvalue weighted by molar-refractivity contribution is 5.67. The lowest BCUT2D eigenvalue weighted by Gasteiger charge is -1.80. The van der Waals surface area contributed by atoms with E-state index in [1.807, 2.05) is 19.9 Å². The Morgan fingerprint density at radius 2 is 1.91 bits per heavy atom. The Balaban J connectivity index is 4.19. The van der Waals surface area contributed by atoms with Gasteiger partial charge >= 0.3 is 0 Å². The van der Waals surface area contributed by atoms with Crippen molar-refractivity contribution < 1.29 is 4.79 Å². The van der Waals surface area contributed by atoms with Gasteiger partial charge in [0.1, 0.15) is 6.29 Å². The van der Waals surface area contributed by atoms with Gasteiger partial charge in [0, 0.05) is 5.57 Å². The summed E-state index contributed by atoms with van der Waals surface area (Å²) in [7, 11) is 0. The molecule has 0 aliphatic rings. The molecule has 0 aliphatic carbocycles. The molecule has 0 amide bonds. The summed E-state index contributed by atoms with van der Waals surface area (Å²) in [5.74, 6) is 5.65. The molecule has 0 saturated heterocycles. The number of aldehydes is 1. The summed E-state index contributed by atoms with van der Waals surface area (Å²) < 4.78 is 0. The molecule has 0 heterocycles. The Morgan fingerprint density at radius 1 is 1.27 bits per heavy atom. The van der Waals surface area contributed by atoms with E-state index >= 15 is 0 Å². The maximum Gasteiger partial charge on any atom is 0.143 e. The summed E-state index contributed by atoms with van der Waals surface area (Å²) in [4.78, 5) is 9.95. The molecule has 58 valence electrons. The molecule has 0 aromatic rings. The van der Waals surface area contributed by atoms with Crippen molar-refractivity contribution in [3.05, 3.63) is 23.3 Å².